The fourth-order valence-corrected chi connectivity index (χ4v) is 1.11. The number of aromatic nitrogens is 2. The van der Waals surface area contributed by atoms with Crippen LogP contribution in [0.1, 0.15) is 40.3 Å². The summed E-state index contributed by atoms with van der Waals surface area (Å²) in [6.07, 6.45) is 0. The standard InChI is InChI=1S/C11H19N3/c1-8(2)12-10-7-6-9(13-14-10)11(3,4)5/h6-8H,1-5H3,(H,12,14). The highest BCUT2D eigenvalue weighted by Gasteiger charge is 2.15. The Kier molecular flexibility index (Phi) is 3.09. The van der Waals surface area contributed by atoms with Crippen LogP contribution in [0, 0.1) is 0 Å². The van der Waals surface area contributed by atoms with Crippen LogP contribution in [0.5, 0.6) is 0 Å². The number of anilines is 1. The second-order valence-electron chi connectivity index (χ2n) is 4.85. The normalized spacial score (nSPS) is 11.9. The van der Waals surface area contributed by atoms with Gasteiger partial charge in [0, 0.05) is 11.5 Å². The van der Waals surface area contributed by atoms with Crippen LogP contribution >= 0.6 is 0 Å². The van der Waals surface area contributed by atoms with Gasteiger partial charge in [-0.2, -0.15) is 5.10 Å². The summed E-state index contributed by atoms with van der Waals surface area (Å²) in [6, 6.07) is 4.40. The highest BCUT2D eigenvalue weighted by molar-refractivity contribution is 5.34. The van der Waals surface area contributed by atoms with E-state index in [1.54, 1.807) is 0 Å². The van der Waals surface area contributed by atoms with Gasteiger partial charge in [0.05, 0.1) is 5.69 Å². The van der Waals surface area contributed by atoms with Gasteiger partial charge in [0.25, 0.3) is 0 Å². The monoisotopic (exact) mass is 193 g/mol. The van der Waals surface area contributed by atoms with Gasteiger partial charge in [-0.05, 0) is 26.0 Å². The zero-order valence-corrected chi connectivity index (χ0v) is 9.63. The van der Waals surface area contributed by atoms with E-state index >= 15 is 0 Å². The minimum atomic E-state index is 0.0728. The molecule has 3 nitrogen and oxygen atoms in total. The van der Waals surface area contributed by atoms with Crippen molar-refractivity contribution in [1.29, 1.82) is 0 Å². The average molecular weight is 193 g/mol. The lowest BCUT2D eigenvalue weighted by Gasteiger charge is -2.17. The lowest BCUT2D eigenvalue weighted by atomic mass is 9.92. The van der Waals surface area contributed by atoms with Crippen molar-refractivity contribution in [2.24, 2.45) is 0 Å². The molecular weight excluding hydrogens is 174 g/mol. The summed E-state index contributed by atoms with van der Waals surface area (Å²) in [5, 5.41) is 11.5. The molecule has 1 N–H and O–H groups in total. The maximum absolute atomic E-state index is 4.19. The van der Waals surface area contributed by atoms with Gasteiger partial charge >= 0.3 is 0 Å². The lowest BCUT2D eigenvalue weighted by Crippen LogP contribution is -2.16. The number of hydrogen-bond acceptors (Lipinski definition) is 3. The van der Waals surface area contributed by atoms with E-state index in [1.165, 1.54) is 0 Å². The van der Waals surface area contributed by atoms with Gasteiger partial charge in [0.2, 0.25) is 0 Å². The van der Waals surface area contributed by atoms with E-state index in [2.05, 4.69) is 50.1 Å². The van der Waals surface area contributed by atoms with Crippen LogP contribution in [0.2, 0.25) is 0 Å². The molecule has 0 aliphatic carbocycles. The van der Waals surface area contributed by atoms with E-state index in [9.17, 15) is 0 Å². The first-order valence-electron chi connectivity index (χ1n) is 5.00. The second-order valence-corrected chi connectivity index (χ2v) is 4.85. The van der Waals surface area contributed by atoms with Crippen LogP contribution < -0.4 is 5.32 Å². The number of rotatable bonds is 2. The van der Waals surface area contributed by atoms with E-state index in [0.29, 0.717) is 6.04 Å². The molecule has 78 valence electrons. The van der Waals surface area contributed by atoms with Gasteiger partial charge in [0.1, 0.15) is 5.82 Å². The summed E-state index contributed by atoms with van der Waals surface area (Å²) < 4.78 is 0. The summed E-state index contributed by atoms with van der Waals surface area (Å²) >= 11 is 0. The molecule has 0 saturated heterocycles. The van der Waals surface area contributed by atoms with Crippen molar-refractivity contribution in [3.8, 4) is 0 Å². The van der Waals surface area contributed by atoms with Crippen LogP contribution in [0.15, 0.2) is 12.1 Å². The molecule has 0 bridgehead atoms. The molecule has 0 aliphatic heterocycles. The fourth-order valence-electron chi connectivity index (χ4n) is 1.11. The molecule has 0 spiro atoms. The van der Waals surface area contributed by atoms with Crippen molar-refractivity contribution in [1.82, 2.24) is 10.2 Å². The third-order valence-corrected chi connectivity index (χ3v) is 1.87. The summed E-state index contributed by atoms with van der Waals surface area (Å²) in [7, 11) is 0. The Balaban J connectivity index is 2.79. The molecule has 0 amide bonds. The summed E-state index contributed by atoms with van der Waals surface area (Å²) in [6.45, 7) is 10.6. The number of nitrogens with zero attached hydrogens (tertiary/aromatic N) is 2. The van der Waals surface area contributed by atoms with Gasteiger partial charge in [-0.15, -0.1) is 5.10 Å². The molecule has 1 aromatic rings. The summed E-state index contributed by atoms with van der Waals surface area (Å²) in [5.41, 5.74) is 1.09. The highest BCUT2D eigenvalue weighted by atomic mass is 15.2. The fraction of sp³-hybridized carbons (Fsp3) is 0.636. The Morgan fingerprint density at radius 3 is 2.14 bits per heavy atom. The quantitative estimate of drug-likeness (QED) is 0.784. The van der Waals surface area contributed by atoms with Crippen LogP contribution in [0.4, 0.5) is 5.82 Å². The van der Waals surface area contributed by atoms with Crippen molar-refractivity contribution < 1.29 is 0 Å². The summed E-state index contributed by atoms with van der Waals surface area (Å²) in [5.74, 6) is 0.841. The largest absolute Gasteiger partial charge is 0.366 e. The molecule has 0 aliphatic rings. The van der Waals surface area contributed by atoms with Gasteiger partial charge in [-0.3, -0.25) is 0 Å². The van der Waals surface area contributed by atoms with Gasteiger partial charge < -0.3 is 5.32 Å². The van der Waals surface area contributed by atoms with Crippen LogP contribution in [0.3, 0.4) is 0 Å². The molecule has 0 radical (unpaired) electrons. The van der Waals surface area contributed by atoms with Crippen molar-refractivity contribution in [2.75, 3.05) is 5.32 Å². The Morgan fingerprint density at radius 2 is 1.79 bits per heavy atom. The minimum Gasteiger partial charge on any atom is -0.366 e. The van der Waals surface area contributed by atoms with Crippen molar-refractivity contribution in [2.45, 2.75) is 46.1 Å². The molecule has 1 aromatic heterocycles. The minimum absolute atomic E-state index is 0.0728. The third-order valence-electron chi connectivity index (χ3n) is 1.87. The van der Waals surface area contributed by atoms with Gasteiger partial charge in [-0.1, -0.05) is 20.8 Å². The summed E-state index contributed by atoms with van der Waals surface area (Å²) in [4.78, 5) is 0. The number of nitrogens with one attached hydrogen (secondary N) is 1. The first-order chi connectivity index (χ1) is 6.39. The molecule has 0 unspecified atom stereocenters. The molecule has 14 heavy (non-hydrogen) atoms. The molecule has 1 heterocycles. The zero-order valence-electron chi connectivity index (χ0n) is 9.63. The van der Waals surface area contributed by atoms with E-state index in [1.807, 2.05) is 12.1 Å². The number of hydrogen-bond donors (Lipinski definition) is 1. The third kappa shape index (κ3) is 2.98. The Morgan fingerprint density at radius 1 is 1.14 bits per heavy atom. The zero-order chi connectivity index (χ0) is 10.8. The lowest BCUT2D eigenvalue weighted by molar-refractivity contribution is 0.559. The highest BCUT2D eigenvalue weighted by Crippen LogP contribution is 2.19. The smallest absolute Gasteiger partial charge is 0.148 e. The molecule has 0 fully saturated rings. The average Bonchev–Trinajstić information content (AvgIpc) is 2.02. The van der Waals surface area contributed by atoms with Crippen molar-refractivity contribution in [3.05, 3.63) is 17.8 Å². The topological polar surface area (TPSA) is 37.8 Å². The second kappa shape index (κ2) is 3.95. The first-order valence-corrected chi connectivity index (χ1v) is 5.00. The Labute approximate surface area is 85.9 Å². The molecule has 0 saturated carbocycles. The first kappa shape index (κ1) is 11.0. The van der Waals surface area contributed by atoms with Crippen molar-refractivity contribution in [3.63, 3.8) is 0 Å². The van der Waals surface area contributed by atoms with Gasteiger partial charge in [0.15, 0.2) is 0 Å². The molecule has 3 heteroatoms. The molecule has 0 atom stereocenters. The van der Waals surface area contributed by atoms with E-state index in [-0.39, 0.29) is 5.41 Å². The van der Waals surface area contributed by atoms with Crippen LogP contribution in [0.25, 0.3) is 0 Å². The van der Waals surface area contributed by atoms with Crippen LogP contribution in [-0.4, -0.2) is 16.2 Å². The maximum atomic E-state index is 4.19. The maximum Gasteiger partial charge on any atom is 0.148 e. The van der Waals surface area contributed by atoms with Gasteiger partial charge in [-0.25, -0.2) is 0 Å². The van der Waals surface area contributed by atoms with E-state index in [0.717, 1.165) is 11.5 Å². The van der Waals surface area contributed by atoms with E-state index in [4.69, 9.17) is 0 Å². The Hall–Kier alpha value is -1.12. The van der Waals surface area contributed by atoms with Crippen molar-refractivity contribution >= 4 is 5.82 Å². The van der Waals surface area contributed by atoms with Crippen LogP contribution in [-0.2, 0) is 5.41 Å². The Bertz CT molecular complexity index is 282. The molecule has 1 rings (SSSR count). The predicted molar refractivity (Wildman–Crippen MR) is 59.5 cm³/mol. The predicted octanol–water partition coefficient (Wildman–Crippen LogP) is 2.59. The SMILES string of the molecule is CC(C)Nc1ccc(C(C)(C)C)nn1. The molecular formula is C11H19N3. The molecule has 0 aromatic carbocycles. The van der Waals surface area contributed by atoms with E-state index < -0.39 is 0 Å².